The zero-order valence-corrected chi connectivity index (χ0v) is 9.17. The van der Waals surface area contributed by atoms with Gasteiger partial charge in [0.15, 0.2) is 5.12 Å². The summed E-state index contributed by atoms with van der Waals surface area (Å²) in [6, 6.07) is 3.52. The maximum atomic E-state index is 10.6. The van der Waals surface area contributed by atoms with Crippen LogP contribution in [-0.4, -0.2) is 21.0 Å². The van der Waals surface area contributed by atoms with E-state index in [0.29, 0.717) is 11.4 Å². The van der Waals surface area contributed by atoms with Crippen LogP contribution in [0.5, 0.6) is 0 Å². The van der Waals surface area contributed by atoms with Gasteiger partial charge in [-0.15, -0.1) is 0 Å². The highest BCUT2D eigenvalue weighted by Gasteiger charge is 1.91. The van der Waals surface area contributed by atoms with E-state index in [0.717, 1.165) is 5.56 Å². The number of thioether (sulfide) groups is 1. The Morgan fingerprint density at radius 1 is 1.60 bits per heavy atom. The normalized spacial score (nSPS) is 9.20. The number of hydrogen-bond acceptors (Lipinski definition) is 4. The van der Waals surface area contributed by atoms with Gasteiger partial charge >= 0.3 is 0 Å². The molecule has 0 saturated carbocycles. The van der Waals surface area contributed by atoms with Gasteiger partial charge in [-0.05, 0) is 12.1 Å². The van der Waals surface area contributed by atoms with E-state index in [2.05, 4.69) is 16.8 Å². The molecule has 4 heteroatoms. The average molecular weight is 221 g/mol. The summed E-state index contributed by atoms with van der Waals surface area (Å²) < 4.78 is 0. The Morgan fingerprint density at radius 2 is 2.40 bits per heavy atom. The molecule has 1 rings (SSSR count). The summed E-state index contributed by atoms with van der Waals surface area (Å²) >= 11 is 1.19. The number of nitrogens with zero attached hydrogens (tertiary/aromatic N) is 1. The molecule has 1 N–H and O–H groups in total. The van der Waals surface area contributed by atoms with E-state index in [1.807, 2.05) is 0 Å². The van der Waals surface area contributed by atoms with E-state index in [-0.39, 0.29) is 11.7 Å². The molecule has 0 bridgehead atoms. The summed E-state index contributed by atoms with van der Waals surface area (Å²) in [5.74, 6) is 6.24. The molecule has 0 spiro atoms. The van der Waals surface area contributed by atoms with Gasteiger partial charge in [-0.3, -0.25) is 9.78 Å². The Labute approximate surface area is 92.9 Å². The molecule has 0 aliphatic rings. The van der Waals surface area contributed by atoms with E-state index in [1.54, 1.807) is 18.3 Å². The number of aromatic nitrogens is 1. The Hall–Kier alpha value is -1.31. The van der Waals surface area contributed by atoms with Crippen molar-refractivity contribution in [3.63, 3.8) is 0 Å². The van der Waals surface area contributed by atoms with Crippen LogP contribution in [0.15, 0.2) is 18.3 Å². The van der Waals surface area contributed by atoms with Gasteiger partial charge in [0.05, 0.1) is 18.1 Å². The minimum absolute atomic E-state index is 0.0616. The van der Waals surface area contributed by atoms with Gasteiger partial charge in [0.2, 0.25) is 0 Å². The van der Waals surface area contributed by atoms with Gasteiger partial charge in [-0.25, -0.2) is 0 Å². The molecule has 0 atom stereocenters. The maximum Gasteiger partial charge on any atom is 0.186 e. The van der Waals surface area contributed by atoms with Gasteiger partial charge in [0.1, 0.15) is 0 Å². The molecule has 78 valence electrons. The van der Waals surface area contributed by atoms with E-state index < -0.39 is 0 Å². The molecule has 0 fully saturated rings. The lowest BCUT2D eigenvalue weighted by atomic mass is 10.2. The Morgan fingerprint density at radius 3 is 2.93 bits per heavy atom. The SMILES string of the molecule is CC(=O)SCC#Cc1ccc(CO)nc1. The second-order valence-corrected chi connectivity index (χ2v) is 3.93. The van der Waals surface area contributed by atoms with Gasteiger partial charge in [-0.1, -0.05) is 23.6 Å². The van der Waals surface area contributed by atoms with Gasteiger partial charge in [-0.2, -0.15) is 0 Å². The average Bonchev–Trinajstić information content (AvgIpc) is 2.25. The molecule has 0 amide bonds. The molecule has 0 radical (unpaired) electrons. The van der Waals surface area contributed by atoms with Crippen LogP contribution < -0.4 is 0 Å². The van der Waals surface area contributed by atoms with Gasteiger partial charge < -0.3 is 5.11 Å². The molecule has 1 heterocycles. The number of aliphatic hydroxyl groups is 1. The minimum atomic E-state index is -0.0616. The molecular formula is C11H11NO2S. The van der Waals surface area contributed by atoms with Crippen molar-refractivity contribution in [1.82, 2.24) is 4.98 Å². The molecule has 1 aromatic heterocycles. The van der Waals surface area contributed by atoms with Crippen LogP contribution in [0.25, 0.3) is 0 Å². The van der Waals surface area contributed by atoms with E-state index in [1.165, 1.54) is 18.7 Å². The standard InChI is InChI=1S/C11H11NO2S/c1-9(14)15-6-2-3-10-4-5-11(8-13)12-7-10/h4-5,7,13H,6,8H2,1H3. The summed E-state index contributed by atoms with van der Waals surface area (Å²) in [7, 11) is 0. The smallest absolute Gasteiger partial charge is 0.186 e. The van der Waals surface area contributed by atoms with Crippen LogP contribution in [0.4, 0.5) is 0 Å². The van der Waals surface area contributed by atoms with Crippen molar-refractivity contribution >= 4 is 16.9 Å². The molecule has 0 aromatic carbocycles. The molecule has 15 heavy (non-hydrogen) atoms. The van der Waals surface area contributed by atoms with Crippen molar-refractivity contribution in [3.8, 4) is 11.8 Å². The fraction of sp³-hybridized carbons (Fsp3) is 0.273. The summed E-state index contributed by atoms with van der Waals surface area (Å²) in [6.45, 7) is 1.46. The van der Waals surface area contributed by atoms with Crippen molar-refractivity contribution in [1.29, 1.82) is 0 Å². The van der Waals surface area contributed by atoms with Crippen LogP contribution in [0.2, 0.25) is 0 Å². The zero-order chi connectivity index (χ0) is 11.1. The van der Waals surface area contributed by atoms with Crippen LogP contribution in [-0.2, 0) is 11.4 Å². The monoisotopic (exact) mass is 221 g/mol. The highest BCUT2D eigenvalue weighted by atomic mass is 32.2. The molecule has 1 aromatic rings. The third kappa shape index (κ3) is 4.63. The number of pyridine rings is 1. The van der Waals surface area contributed by atoms with Crippen LogP contribution in [0, 0.1) is 11.8 Å². The van der Waals surface area contributed by atoms with Crippen molar-refractivity contribution in [2.24, 2.45) is 0 Å². The van der Waals surface area contributed by atoms with Crippen molar-refractivity contribution in [3.05, 3.63) is 29.6 Å². The quantitative estimate of drug-likeness (QED) is 0.762. The number of carbonyl (C=O) groups excluding carboxylic acids is 1. The van der Waals surface area contributed by atoms with Crippen LogP contribution >= 0.6 is 11.8 Å². The summed E-state index contributed by atoms with van der Waals surface area (Å²) in [5.41, 5.74) is 1.41. The van der Waals surface area contributed by atoms with E-state index in [4.69, 9.17) is 5.11 Å². The summed E-state index contributed by atoms with van der Waals surface area (Å²) in [5, 5.41) is 8.83. The zero-order valence-electron chi connectivity index (χ0n) is 8.36. The third-order valence-corrected chi connectivity index (χ3v) is 2.26. The number of aliphatic hydroxyl groups excluding tert-OH is 1. The summed E-state index contributed by atoms with van der Waals surface area (Å²) in [4.78, 5) is 14.6. The lowest BCUT2D eigenvalue weighted by Gasteiger charge is -1.93. The molecule has 0 unspecified atom stereocenters. The highest BCUT2D eigenvalue weighted by Crippen LogP contribution is 2.00. The van der Waals surface area contributed by atoms with Crippen molar-refractivity contribution in [2.45, 2.75) is 13.5 Å². The Bertz CT molecular complexity index is 389. The first-order valence-corrected chi connectivity index (χ1v) is 5.39. The lowest BCUT2D eigenvalue weighted by molar-refractivity contribution is -0.109. The lowest BCUT2D eigenvalue weighted by Crippen LogP contribution is -1.88. The first-order chi connectivity index (χ1) is 7.22. The fourth-order valence-corrected chi connectivity index (χ4v) is 1.22. The van der Waals surface area contributed by atoms with Crippen molar-refractivity contribution in [2.75, 3.05) is 5.75 Å². The second-order valence-electron chi connectivity index (χ2n) is 2.78. The second kappa shape index (κ2) is 6.23. The van der Waals surface area contributed by atoms with Crippen molar-refractivity contribution < 1.29 is 9.90 Å². The third-order valence-electron chi connectivity index (χ3n) is 1.57. The van der Waals surface area contributed by atoms with E-state index in [9.17, 15) is 4.79 Å². The van der Waals surface area contributed by atoms with Gasteiger partial charge in [0, 0.05) is 18.7 Å². The van der Waals surface area contributed by atoms with Crippen LogP contribution in [0.3, 0.4) is 0 Å². The number of rotatable bonds is 2. The number of hydrogen-bond donors (Lipinski definition) is 1. The first kappa shape index (κ1) is 11.8. The van der Waals surface area contributed by atoms with E-state index >= 15 is 0 Å². The van der Waals surface area contributed by atoms with Gasteiger partial charge in [0.25, 0.3) is 0 Å². The minimum Gasteiger partial charge on any atom is -0.390 e. The molecule has 0 aliphatic carbocycles. The number of carbonyl (C=O) groups is 1. The Balaban J connectivity index is 2.52. The predicted octanol–water partition coefficient (Wildman–Crippen LogP) is 1.21. The topological polar surface area (TPSA) is 50.2 Å². The molecule has 0 aliphatic heterocycles. The molecule has 3 nitrogen and oxygen atoms in total. The Kier molecular flexibility index (Phi) is 4.88. The largest absolute Gasteiger partial charge is 0.390 e. The fourth-order valence-electron chi connectivity index (χ4n) is 0.868. The maximum absolute atomic E-state index is 10.6. The molecular weight excluding hydrogens is 210 g/mol. The van der Waals surface area contributed by atoms with Crippen LogP contribution in [0.1, 0.15) is 18.2 Å². The first-order valence-electron chi connectivity index (χ1n) is 4.40. The predicted molar refractivity (Wildman–Crippen MR) is 60.2 cm³/mol. The highest BCUT2D eigenvalue weighted by molar-refractivity contribution is 8.13. The molecule has 0 saturated heterocycles. The summed E-state index contributed by atoms with van der Waals surface area (Å²) in [6.07, 6.45) is 1.61.